The average molecular weight is 234 g/mol. The molecule has 0 spiro atoms. The maximum Gasteiger partial charge on any atom is 0.185 e. The monoisotopic (exact) mass is 234 g/mol. The predicted octanol–water partition coefficient (Wildman–Crippen LogP) is 4.07. The zero-order valence-corrected chi connectivity index (χ0v) is 11.6. The maximum atomic E-state index is 6.03. The van der Waals surface area contributed by atoms with Gasteiger partial charge in [0.15, 0.2) is 6.29 Å². The minimum atomic E-state index is -0.265. The quantitative estimate of drug-likeness (QED) is 0.729. The molecule has 2 heteroatoms. The number of fused-ring (bicyclic) bond motifs is 1. The van der Waals surface area contributed by atoms with Crippen LogP contribution in [0.1, 0.15) is 57.6 Å². The fourth-order valence-corrected chi connectivity index (χ4v) is 2.23. The Morgan fingerprint density at radius 3 is 2.47 bits per heavy atom. The highest BCUT2D eigenvalue weighted by atomic mass is 16.7. The molecule has 0 saturated carbocycles. The smallest absolute Gasteiger partial charge is 0.185 e. The van der Waals surface area contributed by atoms with Crippen LogP contribution in [-0.2, 0) is 15.1 Å². The van der Waals surface area contributed by atoms with Crippen LogP contribution in [0.25, 0.3) is 0 Å². The van der Waals surface area contributed by atoms with E-state index >= 15 is 0 Å². The molecule has 0 fully saturated rings. The Balaban J connectivity index is 2.39. The van der Waals surface area contributed by atoms with Crippen molar-refractivity contribution in [2.45, 2.75) is 59.0 Å². The number of hydrogen-bond donors (Lipinski definition) is 0. The van der Waals surface area contributed by atoms with Gasteiger partial charge in [-0.15, -0.1) is 0 Å². The summed E-state index contributed by atoms with van der Waals surface area (Å²) in [5.41, 5.74) is 3.18. The fourth-order valence-electron chi connectivity index (χ4n) is 2.23. The molecule has 2 rings (SSSR count). The summed E-state index contributed by atoms with van der Waals surface area (Å²) in [6.07, 6.45) is -0.250. The summed E-state index contributed by atoms with van der Waals surface area (Å²) in [4.78, 5) is 0. The largest absolute Gasteiger partial charge is 0.343 e. The van der Waals surface area contributed by atoms with Crippen LogP contribution in [0.4, 0.5) is 0 Å². The molecule has 0 bridgehead atoms. The summed E-state index contributed by atoms with van der Waals surface area (Å²) in [6.45, 7) is 12.4. The molecule has 1 atom stereocenters. The van der Waals surface area contributed by atoms with Crippen molar-refractivity contribution in [3.63, 3.8) is 0 Å². The van der Waals surface area contributed by atoms with E-state index in [1.54, 1.807) is 0 Å². The third-order valence-corrected chi connectivity index (χ3v) is 2.97. The number of aryl methyl sites for hydroxylation is 1. The van der Waals surface area contributed by atoms with E-state index in [-0.39, 0.29) is 17.5 Å². The van der Waals surface area contributed by atoms with E-state index < -0.39 is 0 Å². The van der Waals surface area contributed by atoms with Crippen molar-refractivity contribution in [2.75, 3.05) is 0 Å². The van der Waals surface area contributed by atoms with E-state index in [2.05, 4.69) is 59.7 Å². The minimum Gasteiger partial charge on any atom is -0.343 e. The second-order valence-electron chi connectivity index (χ2n) is 6.28. The Labute approximate surface area is 104 Å². The Bertz CT molecular complexity index is 425. The fraction of sp³-hybridized carbons (Fsp3) is 0.600. The number of rotatable bonds is 1. The van der Waals surface area contributed by atoms with Gasteiger partial charge < -0.3 is 9.47 Å². The first-order valence-corrected chi connectivity index (χ1v) is 6.16. The summed E-state index contributed by atoms with van der Waals surface area (Å²) in [5, 5.41) is 0. The van der Waals surface area contributed by atoms with Crippen molar-refractivity contribution in [1.29, 1.82) is 0 Å². The molecule has 0 aromatic heterocycles. The van der Waals surface area contributed by atoms with E-state index in [4.69, 9.17) is 9.47 Å². The lowest BCUT2D eigenvalue weighted by Gasteiger charge is -2.26. The molecule has 1 heterocycles. The van der Waals surface area contributed by atoms with Gasteiger partial charge in [-0.2, -0.15) is 0 Å². The van der Waals surface area contributed by atoms with Gasteiger partial charge in [0.2, 0.25) is 0 Å². The number of ether oxygens (including phenoxy) is 2. The molecule has 94 valence electrons. The molecule has 1 aromatic carbocycles. The normalized spacial score (nSPS) is 22.6. The lowest BCUT2D eigenvalue weighted by molar-refractivity contribution is -0.229. The van der Waals surface area contributed by atoms with Gasteiger partial charge >= 0.3 is 0 Å². The SMILES string of the molecule is Cc1ccc2c(c1)C(OC(C)(C)C)OC2(C)C. The zero-order valence-electron chi connectivity index (χ0n) is 11.6. The molecule has 0 radical (unpaired) electrons. The van der Waals surface area contributed by atoms with E-state index in [1.807, 2.05) is 0 Å². The highest BCUT2D eigenvalue weighted by Gasteiger charge is 2.39. The van der Waals surface area contributed by atoms with Gasteiger partial charge in [-0.25, -0.2) is 0 Å². The van der Waals surface area contributed by atoms with Crippen LogP contribution in [0.3, 0.4) is 0 Å². The van der Waals surface area contributed by atoms with Gasteiger partial charge in [-0.05, 0) is 47.1 Å². The van der Waals surface area contributed by atoms with Gasteiger partial charge in [0.1, 0.15) is 0 Å². The summed E-state index contributed by atoms with van der Waals surface area (Å²) in [7, 11) is 0. The van der Waals surface area contributed by atoms with E-state index in [0.29, 0.717) is 0 Å². The lowest BCUT2D eigenvalue weighted by Crippen LogP contribution is -2.24. The standard InChI is InChI=1S/C15H22O2/c1-10-7-8-12-11(9-10)13(16-14(2,3)4)17-15(12,5)6/h7-9,13H,1-6H3. The first-order valence-electron chi connectivity index (χ1n) is 6.16. The minimum absolute atomic E-state index is 0.202. The molecule has 0 aliphatic carbocycles. The maximum absolute atomic E-state index is 6.03. The second kappa shape index (κ2) is 3.82. The van der Waals surface area contributed by atoms with Crippen LogP contribution < -0.4 is 0 Å². The third kappa shape index (κ3) is 2.53. The Morgan fingerprint density at radius 2 is 1.88 bits per heavy atom. The highest BCUT2D eigenvalue weighted by molar-refractivity contribution is 5.39. The van der Waals surface area contributed by atoms with Gasteiger partial charge in [-0.3, -0.25) is 0 Å². The van der Waals surface area contributed by atoms with Gasteiger partial charge in [-0.1, -0.05) is 23.8 Å². The summed E-state index contributed by atoms with van der Waals surface area (Å²) in [6, 6.07) is 6.45. The van der Waals surface area contributed by atoms with Crippen LogP contribution in [0, 0.1) is 6.92 Å². The summed E-state index contributed by atoms with van der Waals surface area (Å²) >= 11 is 0. The van der Waals surface area contributed by atoms with Crippen LogP contribution in [0.5, 0.6) is 0 Å². The predicted molar refractivity (Wildman–Crippen MR) is 68.9 cm³/mol. The highest BCUT2D eigenvalue weighted by Crippen LogP contribution is 2.45. The molecule has 0 saturated heterocycles. The van der Waals surface area contributed by atoms with Crippen LogP contribution in [-0.4, -0.2) is 5.60 Å². The second-order valence-corrected chi connectivity index (χ2v) is 6.28. The van der Waals surface area contributed by atoms with Crippen molar-refractivity contribution in [3.05, 3.63) is 34.9 Å². The lowest BCUT2D eigenvalue weighted by atomic mass is 9.94. The molecule has 1 unspecified atom stereocenters. The van der Waals surface area contributed by atoms with Crippen LogP contribution in [0.2, 0.25) is 0 Å². The summed E-state index contributed by atoms with van der Waals surface area (Å²) < 4.78 is 12.0. The average Bonchev–Trinajstić information content (AvgIpc) is 2.35. The molecule has 1 aliphatic rings. The van der Waals surface area contributed by atoms with E-state index in [0.717, 1.165) is 0 Å². The van der Waals surface area contributed by atoms with Gasteiger partial charge in [0.05, 0.1) is 11.2 Å². The molecule has 2 nitrogen and oxygen atoms in total. The molecular weight excluding hydrogens is 212 g/mol. The van der Waals surface area contributed by atoms with Crippen molar-refractivity contribution in [2.24, 2.45) is 0 Å². The van der Waals surface area contributed by atoms with Crippen LogP contribution >= 0.6 is 0 Å². The first-order chi connectivity index (χ1) is 7.69. The van der Waals surface area contributed by atoms with Crippen molar-refractivity contribution >= 4 is 0 Å². The Hall–Kier alpha value is -0.860. The summed E-state index contributed by atoms with van der Waals surface area (Å²) in [5.74, 6) is 0. The van der Waals surface area contributed by atoms with Gasteiger partial charge in [0.25, 0.3) is 0 Å². The van der Waals surface area contributed by atoms with Crippen LogP contribution in [0.15, 0.2) is 18.2 Å². The van der Waals surface area contributed by atoms with E-state index in [9.17, 15) is 0 Å². The Morgan fingerprint density at radius 1 is 1.24 bits per heavy atom. The van der Waals surface area contributed by atoms with Gasteiger partial charge in [0, 0.05) is 5.56 Å². The first kappa shape index (κ1) is 12.6. The van der Waals surface area contributed by atoms with Crippen molar-refractivity contribution in [3.8, 4) is 0 Å². The molecule has 0 N–H and O–H groups in total. The molecule has 1 aliphatic heterocycles. The van der Waals surface area contributed by atoms with Crippen molar-refractivity contribution in [1.82, 2.24) is 0 Å². The molecule has 0 amide bonds. The third-order valence-electron chi connectivity index (χ3n) is 2.97. The number of hydrogen-bond acceptors (Lipinski definition) is 2. The van der Waals surface area contributed by atoms with E-state index in [1.165, 1.54) is 16.7 Å². The Kier molecular flexibility index (Phi) is 2.83. The molecule has 1 aromatic rings. The molecular formula is C15H22O2. The molecule has 17 heavy (non-hydrogen) atoms. The van der Waals surface area contributed by atoms with Crippen molar-refractivity contribution < 1.29 is 9.47 Å². The topological polar surface area (TPSA) is 18.5 Å². The zero-order chi connectivity index (χ0) is 12.8. The number of benzene rings is 1.